The van der Waals surface area contributed by atoms with Crippen molar-refractivity contribution < 1.29 is 4.79 Å². The van der Waals surface area contributed by atoms with Crippen LogP contribution in [-0.2, 0) is 6.54 Å². The summed E-state index contributed by atoms with van der Waals surface area (Å²) in [6, 6.07) is 1.72. The molecule has 0 radical (unpaired) electrons. The molecule has 0 aromatic carbocycles. The van der Waals surface area contributed by atoms with Gasteiger partial charge >= 0.3 is 0 Å². The van der Waals surface area contributed by atoms with E-state index in [-0.39, 0.29) is 5.91 Å². The maximum atomic E-state index is 11.9. The Morgan fingerprint density at radius 2 is 2.24 bits per heavy atom. The lowest BCUT2D eigenvalue weighted by atomic mass is 10.2. The number of carbonyl (C=O) groups is 1. The summed E-state index contributed by atoms with van der Waals surface area (Å²) in [5.74, 6) is 0.548. The second-order valence-electron chi connectivity index (χ2n) is 3.70. The van der Waals surface area contributed by atoms with Gasteiger partial charge in [-0.25, -0.2) is 4.98 Å². The molecule has 2 aromatic rings. The van der Waals surface area contributed by atoms with Crippen LogP contribution in [0.15, 0.2) is 18.5 Å². The Hall–Kier alpha value is -2.24. The molecule has 0 fully saturated rings. The minimum Gasteiger partial charge on any atom is -0.347 e. The average Bonchev–Trinajstić information content (AvgIpc) is 2.82. The van der Waals surface area contributed by atoms with E-state index in [1.165, 1.54) is 0 Å². The van der Waals surface area contributed by atoms with Crippen LogP contribution >= 0.6 is 0 Å². The number of aromatic amines is 1. The fraction of sp³-hybridized carbons (Fsp3) is 0.273. The van der Waals surface area contributed by atoms with Gasteiger partial charge in [0.1, 0.15) is 5.82 Å². The van der Waals surface area contributed by atoms with Crippen molar-refractivity contribution in [2.24, 2.45) is 0 Å². The highest BCUT2D eigenvalue weighted by atomic mass is 16.1. The predicted octanol–water partition coefficient (Wildman–Crippen LogP) is 0.747. The summed E-state index contributed by atoms with van der Waals surface area (Å²) in [7, 11) is 0. The van der Waals surface area contributed by atoms with Gasteiger partial charge in [0.2, 0.25) is 0 Å². The van der Waals surface area contributed by atoms with E-state index in [0.717, 1.165) is 11.5 Å². The van der Waals surface area contributed by atoms with E-state index in [1.807, 2.05) is 0 Å². The van der Waals surface area contributed by atoms with Gasteiger partial charge in [0.15, 0.2) is 0 Å². The van der Waals surface area contributed by atoms with E-state index in [0.29, 0.717) is 17.8 Å². The molecule has 0 aliphatic heterocycles. The number of rotatable bonds is 3. The Balaban J connectivity index is 2.07. The third kappa shape index (κ3) is 2.66. The van der Waals surface area contributed by atoms with Gasteiger partial charge in [-0.05, 0) is 19.9 Å². The lowest BCUT2D eigenvalue weighted by Gasteiger charge is -2.05. The predicted molar refractivity (Wildman–Crippen MR) is 61.3 cm³/mol. The Morgan fingerprint density at radius 3 is 2.94 bits per heavy atom. The van der Waals surface area contributed by atoms with Crippen molar-refractivity contribution in [2.45, 2.75) is 20.4 Å². The molecule has 2 N–H and O–H groups in total. The van der Waals surface area contributed by atoms with Crippen LogP contribution in [0, 0.1) is 13.8 Å². The summed E-state index contributed by atoms with van der Waals surface area (Å²) in [6.45, 7) is 3.93. The summed E-state index contributed by atoms with van der Waals surface area (Å²) in [5, 5.41) is 10.6. The molecule has 17 heavy (non-hydrogen) atoms. The molecule has 6 nitrogen and oxygen atoms in total. The van der Waals surface area contributed by atoms with E-state index in [9.17, 15) is 4.79 Å². The molecule has 0 aliphatic rings. The molecule has 0 atom stereocenters. The van der Waals surface area contributed by atoms with Crippen LogP contribution in [0.1, 0.15) is 27.6 Å². The molecule has 0 spiro atoms. The first-order valence-corrected chi connectivity index (χ1v) is 5.24. The lowest BCUT2D eigenvalue weighted by molar-refractivity contribution is 0.0948. The molecule has 1 amide bonds. The molecule has 2 aromatic heterocycles. The minimum absolute atomic E-state index is 0.170. The Kier molecular flexibility index (Phi) is 3.13. The van der Waals surface area contributed by atoms with Gasteiger partial charge in [-0.15, -0.1) is 0 Å². The monoisotopic (exact) mass is 231 g/mol. The topological polar surface area (TPSA) is 83.6 Å². The number of aryl methyl sites for hydroxylation is 2. The van der Waals surface area contributed by atoms with Crippen molar-refractivity contribution in [3.05, 3.63) is 41.2 Å². The zero-order valence-electron chi connectivity index (χ0n) is 9.69. The van der Waals surface area contributed by atoms with Crippen molar-refractivity contribution in [1.29, 1.82) is 0 Å². The van der Waals surface area contributed by atoms with Gasteiger partial charge in [0.25, 0.3) is 5.91 Å². The van der Waals surface area contributed by atoms with Crippen LogP contribution in [0.2, 0.25) is 0 Å². The van der Waals surface area contributed by atoms with Crippen LogP contribution < -0.4 is 5.32 Å². The normalized spacial score (nSPS) is 10.2. The van der Waals surface area contributed by atoms with Crippen LogP contribution in [0.5, 0.6) is 0 Å². The van der Waals surface area contributed by atoms with E-state index < -0.39 is 0 Å². The molecular formula is C11H13N5O. The number of H-pyrrole nitrogens is 1. The van der Waals surface area contributed by atoms with E-state index in [2.05, 4.69) is 25.5 Å². The number of hydrogen-bond donors (Lipinski definition) is 2. The highest BCUT2D eigenvalue weighted by Gasteiger charge is 2.10. The smallest absolute Gasteiger partial charge is 0.253 e. The lowest BCUT2D eigenvalue weighted by Crippen LogP contribution is -2.24. The van der Waals surface area contributed by atoms with E-state index in [4.69, 9.17) is 0 Å². The molecule has 0 aliphatic carbocycles. The maximum Gasteiger partial charge on any atom is 0.253 e. The third-order valence-electron chi connectivity index (χ3n) is 2.32. The van der Waals surface area contributed by atoms with Crippen LogP contribution in [0.25, 0.3) is 0 Å². The van der Waals surface area contributed by atoms with Gasteiger partial charge in [0.05, 0.1) is 23.5 Å². The van der Waals surface area contributed by atoms with Gasteiger partial charge in [-0.2, -0.15) is 10.2 Å². The zero-order chi connectivity index (χ0) is 12.3. The van der Waals surface area contributed by atoms with Gasteiger partial charge < -0.3 is 10.3 Å². The zero-order valence-corrected chi connectivity index (χ0v) is 9.69. The van der Waals surface area contributed by atoms with Gasteiger partial charge in [-0.1, -0.05) is 0 Å². The van der Waals surface area contributed by atoms with Gasteiger partial charge in [-0.3, -0.25) is 4.79 Å². The first kappa shape index (κ1) is 11.3. The number of amides is 1. The van der Waals surface area contributed by atoms with Crippen LogP contribution in [-0.4, -0.2) is 26.1 Å². The van der Waals surface area contributed by atoms with Crippen molar-refractivity contribution >= 4 is 5.91 Å². The van der Waals surface area contributed by atoms with Crippen LogP contribution in [0.3, 0.4) is 0 Å². The number of nitrogens with zero attached hydrogens (tertiary/aromatic N) is 3. The summed E-state index contributed by atoms with van der Waals surface area (Å²) in [4.78, 5) is 18.8. The molecule has 0 unspecified atom stereocenters. The van der Waals surface area contributed by atoms with Crippen molar-refractivity contribution in [3.63, 3.8) is 0 Å². The molecule has 0 bridgehead atoms. The number of carbonyl (C=O) groups excluding carboxylic acids is 1. The fourth-order valence-electron chi connectivity index (χ4n) is 1.43. The van der Waals surface area contributed by atoms with Crippen molar-refractivity contribution in [3.8, 4) is 0 Å². The number of hydrogen-bond acceptors (Lipinski definition) is 4. The average molecular weight is 231 g/mol. The number of imidazole rings is 1. The highest BCUT2D eigenvalue weighted by molar-refractivity contribution is 5.95. The fourth-order valence-corrected chi connectivity index (χ4v) is 1.43. The molecule has 2 heterocycles. The van der Waals surface area contributed by atoms with Gasteiger partial charge in [0, 0.05) is 12.4 Å². The number of nitrogens with one attached hydrogen (secondary N) is 2. The first-order chi connectivity index (χ1) is 8.16. The summed E-state index contributed by atoms with van der Waals surface area (Å²) in [6.07, 6.45) is 3.36. The number of aromatic nitrogens is 4. The second kappa shape index (κ2) is 4.73. The van der Waals surface area contributed by atoms with Crippen molar-refractivity contribution in [1.82, 2.24) is 25.5 Å². The molecule has 0 saturated heterocycles. The SMILES string of the molecule is Cc1cc(C(=O)NCc2ncc[nH]2)c(C)nn1. The Labute approximate surface area is 98.5 Å². The highest BCUT2D eigenvalue weighted by Crippen LogP contribution is 2.05. The summed E-state index contributed by atoms with van der Waals surface area (Å²) in [5.41, 5.74) is 1.88. The molecule has 2 rings (SSSR count). The first-order valence-electron chi connectivity index (χ1n) is 5.24. The largest absolute Gasteiger partial charge is 0.347 e. The molecule has 88 valence electrons. The quantitative estimate of drug-likeness (QED) is 0.816. The molecule has 6 heteroatoms. The minimum atomic E-state index is -0.170. The van der Waals surface area contributed by atoms with E-state index >= 15 is 0 Å². The molecule has 0 saturated carbocycles. The van der Waals surface area contributed by atoms with Crippen molar-refractivity contribution in [2.75, 3.05) is 0 Å². The second-order valence-corrected chi connectivity index (χ2v) is 3.70. The van der Waals surface area contributed by atoms with Crippen LogP contribution in [0.4, 0.5) is 0 Å². The summed E-state index contributed by atoms with van der Waals surface area (Å²) >= 11 is 0. The Morgan fingerprint density at radius 1 is 1.41 bits per heavy atom. The summed E-state index contributed by atoms with van der Waals surface area (Å²) < 4.78 is 0. The third-order valence-corrected chi connectivity index (χ3v) is 2.32. The molecular weight excluding hydrogens is 218 g/mol. The Bertz CT molecular complexity index is 521. The van der Waals surface area contributed by atoms with E-state index in [1.54, 1.807) is 32.3 Å². The maximum absolute atomic E-state index is 11.9. The standard InChI is InChI=1S/C11H13N5O/c1-7-5-9(8(2)16-15-7)11(17)14-6-10-12-3-4-13-10/h3-5H,6H2,1-2H3,(H,12,13)(H,14,17).